The summed E-state index contributed by atoms with van der Waals surface area (Å²) in [5.74, 6) is -2.41. The standard InChI is InChI=1S/C12H14N2O5S/c13-11(15)8-2-1-3-10(6-8)20(18,19)14-5-4-9(7-14)12(16)17/h1-3,6,9H,4-5,7H2,(H2,13,15)(H,16,17). The SMILES string of the molecule is NC(=O)c1cccc(S(=O)(=O)N2CCC(C(=O)O)C2)c1. The van der Waals surface area contributed by atoms with E-state index in [0.717, 1.165) is 4.31 Å². The van der Waals surface area contributed by atoms with Crippen molar-refractivity contribution in [3.05, 3.63) is 29.8 Å². The Bertz CT molecular complexity index is 656. The average Bonchev–Trinajstić information content (AvgIpc) is 2.89. The quantitative estimate of drug-likeness (QED) is 0.803. The van der Waals surface area contributed by atoms with Gasteiger partial charge in [0.2, 0.25) is 15.9 Å². The Labute approximate surface area is 116 Å². The molecule has 0 radical (unpaired) electrons. The molecule has 1 unspecified atom stereocenters. The van der Waals surface area contributed by atoms with Gasteiger partial charge in [-0.3, -0.25) is 9.59 Å². The van der Waals surface area contributed by atoms with Gasteiger partial charge in [-0.15, -0.1) is 0 Å². The number of nitrogens with two attached hydrogens (primary N) is 1. The molecule has 0 spiro atoms. The van der Waals surface area contributed by atoms with Gasteiger partial charge in [-0.05, 0) is 24.6 Å². The monoisotopic (exact) mass is 298 g/mol. The highest BCUT2D eigenvalue weighted by Crippen LogP contribution is 2.24. The van der Waals surface area contributed by atoms with Crippen LogP contribution in [0.5, 0.6) is 0 Å². The Morgan fingerprint density at radius 3 is 2.60 bits per heavy atom. The van der Waals surface area contributed by atoms with Crippen LogP contribution in [0.15, 0.2) is 29.2 Å². The fourth-order valence-electron chi connectivity index (χ4n) is 2.11. The first-order chi connectivity index (χ1) is 9.32. The molecule has 7 nitrogen and oxygen atoms in total. The lowest BCUT2D eigenvalue weighted by Crippen LogP contribution is -2.30. The first-order valence-electron chi connectivity index (χ1n) is 5.95. The summed E-state index contributed by atoms with van der Waals surface area (Å²) >= 11 is 0. The number of nitrogens with zero attached hydrogens (tertiary/aromatic N) is 1. The lowest BCUT2D eigenvalue weighted by atomic mass is 10.1. The van der Waals surface area contributed by atoms with E-state index in [2.05, 4.69) is 0 Å². The van der Waals surface area contributed by atoms with Crippen LogP contribution in [0.4, 0.5) is 0 Å². The number of amides is 1. The molecule has 0 saturated carbocycles. The molecule has 1 heterocycles. The van der Waals surface area contributed by atoms with Crippen LogP contribution in [-0.2, 0) is 14.8 Å². The summed E-state index contributed by atoms with van der Waals surface area (Å²) in [5.41, 5.74) is 5.21. The summed E-state index contributed by atoms with van der Waals surface area (Å²) in [6.45, 7) is 0.0958. The molecule has 1 aromatic carbocycles. The van der Waals surface area contributed by atoms with Crippen molar-refractivity contribution < 1.29 is 23.1 Å². The van der Waals surface area contributed by atoms with E-state index in [4.69, 9.17) is 10.8 Å². The molecule has 0 bridgehead atoms. The van der Waals surface area contributed by atoms with E-state index < -0.39 is 27.8 Å². The van der Waals surface area contributed by atoms with Crippen LogP contribution >= 0.6 is 0 Å². The number of carbonyl (C=O) groups is 2. The van der Waals surface area contributed by atoms with Crippen molar-refractivity contribution in [2.24, 2.45) is 11.7 Å². The van der Waals surface area contributed by atoms with Crippen molar-refractivity contribution in [1.82, 2.24) is 4.31 Å². The fourth-order valence-corrected chi connectivity index (χ4v) is 3.65. The summed E-state index contributed by atoms with van der Waals surface area (Å²) in [5, 5.41) is 8.90. The highest BCUT2D eigenvalue weighted by Gasteiger charge is 2.35. The number of carbonyl (C=O) groups excluding carboxylic acids is 1. The molecule has 8 heteroatoms. The van der Waals surface area contributed by atoms with Gasteiger partial charge in [0, 0.05) is 18.7 Å². The average molecular weight is 298 g/mol. The third-order valence-electron chi connectivity index (χ3n) is 3.26. The summed E-state index contributed by atoms with van der Waals surface area (Å²) in [4.78, 5) is 21.9. The molecule has 1 aromatic rings. The number of primary amides is 1. The van der Waals surface area contributed by atoms with Crippen molar-refractivity contribution in [3.63, 3.8) is 0 Å². The summed E-state index contributed by atoms with van der Waals surface area (Å²) in [7, 11) is -3.80. The van der Waals surface area contributed by atoms with Crippen LogP contribution in [0.2, 0.25) is 0 Å². The second-order valence-corrected chi connectivity index (χ2v) is 6.52. The lowest BCUT2D eigenvalue weighted by Gasteiger charge is -2.16. The zero-order chi connectivity index (χ0) is 14.9. The Hall–Kier alpha value is -1.93. The van der Waals surface area contributed by atoms with Gasteiger partial charge >= 0.3 is 5.97 Å². The molecule has 1 aliphatic heterocycles. The number of aliphatic carboxylic acids is 1. The zero-order valence-electron chi connectivity index (χ0n) is 10.5. The van der Waals surface area contributed by atoms with Crippen molar-refractivity contribution >= 4 is 21.9 Å². The number of hydrogen-bond donors (Lipinski definition) is 2. The Balaban J connectivity index is 2.30. The van der Waals surface area contributed by atoms with E-state index in [1.54, 1.807) is 0 Å². The normalized spacial score (nSPS) is 19.9. The molecule has 1 atom stereocenters. The molecule has 1 aliphatic rings. The summed E-state index contributed by atoms with van der Waals surface area (Å²) < 4.78 is 25.8. The second kappa shape index (κ2) is 5.22. The lowest BCUT2D eigenvalue weighted by molar-refractivity contribution is -0.141. The van der Waals surface area contributed by atoms with E-state index in [-0.39, 0.29) is 30.0 Å². The second-order valence-electron chi connectivity index (χ2n) is 4.58. The molecule has 2 rings (SSSR count). The number of benzene rings is 1. The van der Waals surface area contributed by atoms with Gasteiger partial charge in [0.1, 0.15) is 0 Å². The van der Waals surface area contributed by atoms with Crippen molar-refractivity contribution in [2.75, 3.05) is 13.1 Å². The molecule has 0 aliphatic carbocycles. The molecule has 1 amide bonds. The number of rotatable bonds is 4. The van der Waals surface area contributed by atoms with Crippen molar-refractivity contribution in [2.45, 2.75) is 11.3 Å². The molecule has 108 valence electrons. The van der Waals surface area contributed by atoms with Crippen LogP contribution in [0.25, 0.3) is 0 Å². The predicted molar refractivity (Wildman–Crippen MR) is 69.5 cm³/mol. The molecular weight excluding hydrogens is 284 g/mol. The van der Waals surface area contributed by atoms with Gasteiger partial charge < -0.3 is 10.8 Å². The van der Waals surface area contributed by atoms with E-state index in [1.807, 2.05) is 0 Å². The predicted octanol–water partition coefficient (Wildman–Crippen LogP) is -0.119. The zero-order valence-corrected chi connectivity index (χ0v) is 11.3. The Morgan fingerprint density at radius 1 is 1.35 bits per heavy atom. The van der Waals surface area contributed by atoms with Crippen LogP contribution in [0.3, 0.4) is 0 Å². The number of carboxylic acids is 1. The molecular formula is C12H14N2O5S. The Morgan fingerprint density at radius 2 is 2.05 bits per heavy atom. The van der Waals surface area contributed by atoms with Gasteiger partial charge in [0.25, 0.3) is 0 Å². The summed E-state index contributed by atoms with van der Waals surface area (Å²) in [6, 6.07) is 5.41. The van der Waals surface area contributed by atoms with Gasteiger partial charge in [-0.25, -0.2) is 8.42 Å². The van der Waals surface area contributed by atoms with Gasteiger partial charge in [-0.1, -0.05) is 6.07 Å². The van der Waals surface area contributed by atoms with E-state index in [1.165, 1.54) is 24.3 Å². The van der Waals surface area contributed by atoms with Crippen LogP contribution < -0.4 is 5.73 Å². The van der Waals surface area contributed by atoms with E-state index in [0.29, 0.717) is 0 Å². The van der Waals surface area contributed by atoms with Crippen LogP contribution in [0.1, 0.15) is 16.8 Å². The molecule has 20 heavy (non-hydrogen) atoms. The van der Waals surface area contributed by atoms with Crippen LogP contribution in [-0.4, -0.2) is 42.8 Å². The maximum Gasteiger partial charge on any atom is 0.307 e. The maximum atomic E-state index is 12.4. The van der Waals surface area contributed by atoms with E-state index in [9.17, 15) is 18.0 Å². The third kappa shape index (κ3) is 2.66. The largest absolute Gasteiger partial charge is 0.481 e. The van der Waals surface area contributed by atoms with Gasteiger partial charge in [0.15, 0.2) is 0 Å². The molecule has 0 aromatic heterocycles. The number of hydrogen-bond acceptors (Lipinski definition) is 4. The smallest absolute Gasteiger partial charge is 0.307 e. The summed E-state index contributed by atoms with van der Waals surface area (Å²) in [6.07, 6.45) is 0.282. The molecule has 1 saturated heterocycles. The van der Waals surface area contributed by atoms with Crippen LogP contribution in [0, 0.1) is 5.92 Å². The minimum atomic E-state index is -3.80. The third-order valence-corrected chi connectivity index (χ3v) is 5.12. The Kier molecular flexibility index (Phi) is 3.78. The number of carboxylic acid groups (broad SMARTS) is 1. The topological polar surface area (TPSA) is 118 Å². The fraction of sp³-hybridized carbons (Fsp3) is 0.333. The first-order valence-corrected chi connectivity index (χ1v) is 7.39. The minimum Gasteiger partial charge on any atom is -0.481 e. The highest BCUT2D eigenvalue weighted by atomic mass is 32.2. The van der Waals surface area contributed by atoms with Gasteiger partial charge in [-0.2, -0.15) is 4.31 Å². The maximum absolute atomic E-state index is 12.4. The highest BCUT2D eigenvalue weighted by molar-refractivity contribution is 7.89. The first kappa shape index (κ1) is 14.5. The van der Waals surface area contributed by atoms with Crippen molar-refractivity contribution in [1.29, 1.82) is 0 Å². The van der Waals surface area contributed by atoms with Crippen molar-refractivity contribution in [3.8, 4) is 0 Å². The van der Waals surface area contributed by atoms with E-state index >= 15 is 0 Å². The number of sulfonamides is 1. The molecule has 1 fully saturated rings. The van der Waals surface area contributed by atoms with Gasteiger partial charge in [0.05, 0.1) is 10.8 Å². The molecule has 3 N–H and O–H groups in total. The minimum absolute atomic E-state index is 0.0557.